The number of benzene rings is 2. The highest BCUT2D eigenvalue weighted by Gasteiger charge is 1.94. The van der Waals surface area contributed by atoms with Gasteiger partial charge in [-0.25, -0.2) is 4.57 Å². The van der Waals surface area contributed by atoms with E-state index in [-0.39, 0.29) is 24.0 Å². The maximum atomic E-state index is 2.22. The molecular weight excluding hydrogens is 357 g/mol. The first-order chi connectivity index (χ1) is 9.31. The Morgan fingerprint density at radius 1 is 0.750 bits per heavy atom. The Morgan fingerprint density at radius 3 is 2.15 bits per heavy atom. The van der Waals surface area contributed by atoms with Gasteiger partial charge in [-0.15, -0.1) is 0 Å². The van der Waals surface area contributed by atoms with E-state index in [0.29, 0.717) is 0 Å². The molecule has 0 N–H and O–H groups in total. The summed E-state index contributed by atoms with van der Waals surface area (Å²) < 4.78 is 2.04. The van der Waals surface area contributed by atoms with Crippen LogP contribution >= 0.6 is 0 Å². The fourth-order valence-electron chi connectivity index (χ4n) is 2.13. The number of halogens is 1. The molecule has 0 saturated heterocycles. The standard InChI is InChI=1S/C18H16N.HI/c1-19-12-10-15(11-13-19)6-7-16-8-9-17-4-2-3-5-18(17)14-16;/h2-14H,1H3;1H/q+1;/p-1. The molecule has 1 heterocycles. The summed E-state index contributed by atoms with van der Waals surface area (Å²) >= 11 is 0. The van der Waals surface area contributed by atoms with Gasteiger partial charge in [-0.3, -0.25) is 0 Å². The normalized spacial score (nSPS) is 10.7. The molecule has 0 amide bonds. The van der Waals surface area contributed by atoms with Gasteiger partial charge in [-0.2, -0.15) is 0 Å². The monoisotopic (exact) mass is 373 g/mol. The second-order valence-corrected chi connectivity index (χ2v) is 4.74. The molecule has 0 aliphatic carbocycles. The zero-order valence-corrected chi connectivity index (χ0v) is 13.5. The topological polar surface area (TPSA) is 3.88 Å². The smallest absolute Gasteiger partial charge is 0.169 e. The minimum Gasteiger partial charge on any atom is -1.00 e. The molecule has 1 nitrogen and oxygen atoms in total. The van der Waals surface area contributed by atoms with Crippen molar-refractivity contribution in [3.8, 4) is 0 Å². The van der Waals surface area contributed by atoms with Crippen molar-refractivity contribution >= 4 is 22.9 Å². The molecule has 3 aromatic rings. The molecule has 100 valence electrons. The molecule has 20 heavy (non-hydrogen) atoms. The lowest BCUT2D eigenvalue weighted by Gasteiger charge is -1.99. The Bertz CT molecular complexity index is 730. The van der Waals surface area contributed by atoms with Crippen LogP contribution in [0.25, 0.3) is 22.9 Å². The van der Waals surface area contributed by atoms with E-state index in [0.717, 1.165) is 0 Å². The zero-order valence-electron chi connectivity index (χ0n) is 11.3. The number of hydrogen-bond donors (Lipinski definition) is 0. The summed E-state index contributed by atoms with van der Waals surface area (Å²) in [6, 6.07) is 19.2. The van der Waals surface area contributed by atoms with Crippen LogP contribution < -0.4 is 28.5 Å². The lowest BCUT2D eigenvalue weighted by atomic mass is 10.1. The largest absolute Gasteiger partial charge is 1.00 e. The van der Waals surface area contributed by atoms with Crippen molar-refractivity contribution in [2.24, 2.45) is 7.05 Å². The number of fused-ring (bicyclic) bond motifs is 1. The first kappa shape index (κ1) is 14.7. The van der Waals surface area contributed by atoms with Gasteiger partial charge in [0.25, 0.3) is 0 Å². The molecule has 0 fully saturated rings. The number of aromatic nitrogens is 1. The van der Waals surface area contributed by atoms with E-state index in [1.165, 1.54) is 21.9 Å². The van der Waals surface area contributed by atoms with Crippen LogP contribution in [0.3, 0.4) is 0 Å². The van der Waals surface area contributed by atoms with Crippen molar-refractivity contribution in [2.45, 2.75) is 0 Å². The molecule has 0 aliphatic rings. The average molecular weight is 373 g/mol. The molecule has 0 aliphatic heterocycles. The second kappa shape index (κ2) is 6.66. The molecular formula is C18H16IN. The van der Waals surface area contributed by atoms with Gasteiger partial charge in [0.2, 0.25) is 0 Å². The average Bonchev–Trinajstić information content (AvgIpc) is 2.46. The van der Waals surface area contributed by atoms with Gasteiger partial charge in [0.1, 0.15) is 7.05 Å². The Morgan fingerprint density at radius 2 is 1.40 bits per heavy atom. The fourth-order valence-corrected chi connectivity index (χ4v) is 2.13. The molecule has 0 spiro atoms. The maximum absolute atomic E-state index is 2.22. The van der Waals surface area contributed by atoms with Gasteiger partial charge in [-0.05, 0) is 28.0 Å². The van der Waals surface area contributed by atoms with E-state index in [9.17, 15) is 0 Å². The number of rotatable bonds is 2. The third kappa shape index (κ3) is 3.45. The molecule has 0 saturated carbocycles. The minimum atomic E-state index is 0. The molecule has 1 aromatic heterocycles. The van der Waals surface area contributed by atoms with Gasteiger partial charge in [0.15, 0.2) is 12.4 Å². The van der Waals surface area contributed by atoms with Crippen LogP contribution in [-0.2, 0) is 7.05 Å². The summed E-state index contributed by atoms with van der Waals surface area (Å²) in [4.78, 5) is 0. The van der Waals surface area contributed by atoms with E-state index >= 15 is 0 Å². The number of nitrogens with zero attached hydrogens (tertiary/aromatic N) is 1. The van der Waals surface area contributed by atoms with E-state index in [1.54, 1.807) is 0 Å². The predicted octanol–water partition coefficient (Wildman–Crippen LogP) is 0.839. The molecule has 0 bridgehead atoms. The summed E-state index contributed by atoms with van der Waals surface area (Å²) in [5.41, 5.74) is 2.44. The highest BCUT2D eigenvalue weighted by Crippen LogP contribution is 2.17. The van der Waals surface area contributed by atoms with Crippen molar-refractivity contribution < 1.29 is 28.5 Å². The van der Waals surface area contributed by atoms with Crippen LogP contribution in [0.5, 0.6) is 0 Å². The van der Waals surface area contributed by atoms with Gasteiger partial charge < -0.3 is 24.0 Å². The Kier molecular flexibility index (Phi) is 4.90. The molecule has 3 rings (SSSR count). The van der Waals surface area contributed by atoms with E-state index < -0.39 is 0 Å². The highest BCUT2D eigenvalue weighted by atomic mass is 127. The second-order valence-electron chi connectivity index (χ2n) is 4.74. The highest BCUT2D eigenvalue weighted by molar-refractivity contribution is 5.85. The molecule has 2 aromatic carbocycles. The number of pyridine rings is 1. The molecule has 0 radical (unpaired) electrons. The van der Waals surface area contributed by atoms with Crippen LogP contribution in [0.1, 0.15) is 11.1 Å². The van der Waals surface area contributed by atoms with Crippen molar-refractivity contribution in [3.63, 3.8) is 0 Å². The third-order valence-corrected chi connectivity index (χ3v) is 3.25. The summed E-state index contributed by atoms with van der Waals surface area (Å²) in [6.45, 7) is 0. The Hall–Kier alpha value is -1.68. The minimum absolute atomic E-state index is 0. The Labute approximate surface area is 136 Å². The van der Waals surface area contributed by atoms with Crippen LogP contribution in [0.2, 0.25) is 0 Å². The van der Waals surface area contributed by atoms with Crippen molar-refractivity contribution in [1.29, 1.82) is 0 Å². The van der Waals surface area contributed by atoms with Gasteiger partial charge in [0.05, 0.1) is 0 Å². The van der Waals surface area contributed by atoms with Gasteiger partial charge >= 0.3 is 0 Å². The summed E-state index contributed by atoms with van der Waals surface area (Å²) in [5, 5.41) is 2.57. The third-order valence-electron chi connectivity index (χ3n) is 3.25. The van der Waals surface area contributed by atoms with E-state index in [2.05, 4.69) is 79.1 Å². The maximum Gasteiger partial charge on any atom is 0.169 e. The molecule has 0 atom stereocenters. The SMILES string of the molecule is C[n+]1ccc(C=Cc2ccc3ccccc3c2)cc1.[I-]. The number of hydrogen-bond acceptors (Lipinski definition) is 0. The lowest BCUT2D eigenvalue weighted by Crippen LogP contribution is -3.00. The lowest BCUT2D eigenvalue weighted by molar-refractivity contribution is -0.671. The van der Waals surface area contributed by atoms with Crippen LogP contribution in [0.4, 0.5) is 0 Å². The molecule has 0 unspecified atom stereocenters. The van der Waals surface area contributed by atoms with Crippen LogP contribution in [0, 0.1) is 0 Å². The van der Waals surface area contributed by atoms with E-state index in [4.69, 9.17) is 0 Å². The van der Waals surface area contributed by atoms with Crippen molar-refractivity contribution in [1.82, 2.24) is 0 Å². The Balaban J connectivity index is 0.00000147. The quantitative estimate of drug-likeness (QED) is 0.463. The molecule has 2 heteroatoms. The van der Waals surface area contributed by atoms with Crippen molar-refractivity contribution in [2.75, 3.05) is 0 Å². The predicted molar refractivity (Wildman–Crippen MR) is 80.5 cm³/mol. The van der Waals surface area contributed by atoms with E-state index in [1.807, 2.05) is 11.6 Å². The summed E-state index contributed by atoms with van der Waals surface area (Å²) in [6.07, 6.45) is 8.41. The van der Waals surface area contributed by atoms with Gasteiger partial charge in [-0.1, -0.05) is 48.6 Å². The van der Waals surface area contributed by atoms with Gasteiger partial charge in [0, 0.05) is 12.1 Å². The first-order valence-electron chi connectivity index (χ1n) is 6.43. The fraction of sp³-hybridized carbons (Fsp3) is 0.0556. The number of aryl methyl sites for hydroxylation is 1. The van der Waals surface area contributed by atoms with Crippen molar-refractivity contribution in [3.05, 3.63) is 78.1 Å². The zero-order chi connectivity index (χ0) is 13.1. The summed E-state index contributed by atoms with van der Waals surface area (Å²) in [7, 11) is 2.02. The summed E-state index contributed by atoms with van der Waals surface area (Å²) in [5.74, 6) is 0. The van der Waals surface area contributed by atoms with Crippen LogP contribution in [-0.4, -0.2) is 0 Å². The first-order valence-corrected chi connectivity index (χ1v) is 6.43. The van der Waals surface area contributed by atoms with Crippen LogP contribution in [0.15, 0.2) is 67.0 Å².